The zero-order chi connectivity index (χ0) is 18.8. The van der Waals surface area contributed by atoms with E-state index in [1.54, 1.807) is 0 Å². The molecule has 0 unspecified atom stereocenters. The first kappa shape index (κ1) is 17.9. The minimum Gasteiger partial charge on any atom is -0.457 e. The van der Waals surface area contributed by atoms with Gasteiger partial charge in [0.2, 0.25) is 0 Å². The van der Waals surface area contributed by atoms with Crippen LogP contribution in [0.25, 0.3) is 0 Å². The molecule has 0 atom stereocenters. The van der Waals surface area contributed by atoms with Crippen LogP contribution in [0.5, 0.6) is 11.5 Å². The molecular weight excluding hydrogens is 420 g/mol. The number of benzene rings is 3. The van der Waals surface area contributed by atoms with Crippen molar-refractivity contribution >= 4 is 50.2 Å². The van der Waals surface area contributed by atoms with Crippen molar-refractivity contribution < 1.29 is 4.74 Å². The predicted octanol–water partition coefficient (Wildman–Crippen LogP) is 6.81. The molecule has 0 radical (unpaired) electrons. The van der Waals surface area contributed by atoms with Crippen LogP contribution in [0.3, 0.4) is 0 Å². The van der Waals surface area contributed by atoms with Crippen molar-refractivity contribution in [3.63, 3.8) is 0 Å². The van der Waals surface area contributed by atoms with Gasteiger partial charge in [-0.25, -0.2) is 0 Å². The Kier molecular flexibility index (Phi) is 5.05. The lowest BCUT2D eigenvalue weighted by atomic mass is 10.1. The summed E-state index contributed by atoms with van der Waals surface area (Å²) >= 11 is 8.97. The fourth-order valence-corrected chi connectivity index (χ4v) is 3.42. The molecule has 3 aromatic carbocycles. The number of hydrogen-bond acceptors (Lipinski definition) is 3. The minimum absolute atomic E-state index is 0.597. The number of rotatable bonds is 3. The smallest absolute Gasteiger partial charge is 0.130 e. The highest BCUT2D eigenvalue weighted by atomic mass is 79.9. The van der Waals surface area contributed by atoms with Crippen LogP contribution >= 0.6 is 28.1 Å². The third-order valence-corrected chi connectivity index (χ3v) is 5.10. The molecule has 0 aliphatic carbocycles. The number of anilines is 1. The topological polar surface area (TPSA) is 33.6 Å². The normalized spacial score (nSPS) is 13.3. The standard InChI is InChI=1S/C22H17BrN2OS/c1-14-4-2-3-5-21(14)26-17-10-11-18-20(12-17)24-19(13-22(27)25-18)15-6-8-16(23)9-7-15/h2-12H,13H2,1H3,(H,25,27). The van der Waals surface area contributed by atoms with Gasteiger partial charge in [0, 0.05) is 17.0 Å². The van der Waals surface area contributed by atoms with Crippen molar-refractivity contribution in [2.24, 2.45) is 4.99 Å². The average Bonchev–Trinajstić information content (AvgIpc) is 2.82. The molecule has 1 heterocycles. The fraction of sp³-hybridized carbons (Fsp3) is 0.0909. The number of aryl methyl sites for hydroxylation is 1. The zero-order valence-electron chi connectivity index (χ0n) is 14.7. The van der Waals surface area contributed by atoms with E-state index in [2.05, 4.69) is 21.2 Å². The number of halogens is 1. The molecule has 0 saturated heterocycles. The van der Waals surface area contributed by atoms with Gasteiger partial charge >= 0.3 is 0 Å². The summed E-state index contributed by atoms with van der Waals surface area (Å²) in [4.78, 5) is 5.64. The van der Waals surface area contributed by atoms with Crippen molar-refractivity contribution in [3.05, 3.63) is 82.3 Å². The molecule has 134 valence electrons. The first-order valence-electron chi connectivity index (χ1n) is 8.59. The molecule has 0 fully saturated rings. The maximum absolute atomic E-state index is 6.06. The van der Waals surface area contributed by atoms with E-state index in [0.717, 1.165) is 49.2 Å². The lowest BCUT2D eigenvalue weighted by Gasteiger charge is -2.11. The van der Waals surface area contributed by atoms with Crippen LogP contribution in [0, 0.1) is 6.92 Å². The molecule has 1 N–H and O–H groups in total. The Labute approximate surface area is 172 Å². The summed E-state index contributed by atoms with van der Waals surface area (Å²) in [5, 5.41) is 3.29. The van der Waals surface area contributed by atoms with Crippen LogP contribution in [-0.4, -0.2) is 10.7 Å². The van der Waals surface area contributed by atoms with Gasteiger partial charge in [-0.2, -0.15) is 0 Å². The van der Waals surface area contributed by atoms with Crippen molar-refractivity contribution in [1.29, 1.82) is 0 Å². The molecule has 27 heavy (non-hydrogen) atoms. The lowest BCUT2D eigenvalue weighted by molar-refractivity contribution is 0.479. The molecule has 4 rings (SSSR count). The molecule has 5 heteroatoms. The number of hydrogen-bond donors (Lipinski definition) is 1. The minimum atomic E-state index is 0.597. The largest absolute Gasteiger partial charge is 0.457 e. The predicted molar refractivity (Wildman–Crippen MR) is 119 cm³/mol. The Morgan fingerprint density at radius 1 is 1.04 bits per heavy atom. The molecule has 0 spiro atoms. The van der Waals surface area contributed by atoms with E-state index >= 15 is 0 Å². The van der Waals surface area contributed by atoms with Gasteiger partial charge in [-0.3, -0.25) is 4.99 Å². The first-order chi connectivity index (χ1) is 13.1. The van der Waals surface area contributed by atoms with Crippen LogP contribution in [0.15, 0.2) is 76.2 Å². The van der Waals surface area contributed by atoms with E-state index in [1.807, 2.05) is 73.7 Å². The Morgan fingerprint density at radius 3 is 2.59 bits per heavy atom. The summed E-state index contributed by atoms with van der Waals surface area (Å²) in [7, 11) is 0. The summed E-state index contributed by atoms with van der Waals surface area (Å²) in [6.45, 7) is 2.03. The SMILES string of the molecule is Cc1ccccc1Oc1ccc2c(c1)N=C(c1ccc(Br)cc1)CC(=S)N2. The van der Waals surface area contributed by atoms with Gasteiger partial charge in [-0.15, -0.1) is 0 Å². The van der Waals surface area contributed by atoms with Crippen LogP contribution in [0.2, 0.25) is 0 Å². The molecule has 3 aromatic rings. The Morgan fingerprint density at radius 2 is 1.81 bits per heavy atom. The van der Waals surface area contributed by atoms with Gasteiger partial charge in [0.1, 0.15) is 11.5 Å². The summed E-state index contributed by atoms with van der Waals surface area (Å²) < 4.78 is 7.10. The van der Waals surface area contributed by atoms with E-state index in [-0.39, 0.29) is 0 Å². The van der Waals surface area contributed by atoms with E-state index in [9.17, 15) is 0 Å². The van der Waals surface area contributed by atoms with Crippen molar-refractivity contribution in [2.45, 2.75) is 13.3 Å². The molecule has 1 aliphatic rings. The lowest BCUT2D eigenvalue weighted by Crippen LogP contribution is -2.12. The quantitative estimate of drug-likeness (QED) is 0.457. The molecule has 1 aliphatic heterocycles. The molecule has 0 saturated carbocycles. The summed E-state index contributed by atoms with van der Waals surface area (Å²) in [5.74, 6) is 1.59. The first-order valence-corrected chi connectivity index (χ1v) is 9.79. The van der Waals surface area contributed by atoms with Gasteiger partial charge in [0.05, 0.1) is 22.1 Å². The number of para-hydroxylation sites is 1. The number of aliphatic imine (C=N–C) groups is 1. The highest BCUT2D eigenvalue weighted by Gasteiger charge is 2.16. The number of ether oxygens (including phenoxy) is 1. The number of nitrogens with zero attached hydrogens (tertiary/aromatic N) is 1. The zero-order valence-corrected chi connectivity index (χ0v) is 17.1. The number of thiocarbonyl (C=S) groups is 1. The summed E-state index contributed by atoms with van der Waals surface area (Å²) in [5.41, 5.74) is 4.79. The van der Waals surface area contributed by atoms with Gasteiger partial charge in [-0.1, -0.05) is 58.5 Å². The highest BCUT2D eigenvalue weighted by Crippen LogP contribution is 2.35. The molecule has 0 amide bonds. The van der Waals surface area contributed by atoms with Crippen LogP contribution in [0.1, 0.15) is 17.5 Å². The van der Waals surface area contributed by atoms with Crippen molar-refractivity contribution in [2.75, 3.05) is 5.32 Å². The highest BCUT2D eigenvalue weighted by molar-refractivity contribution is 9.10. The second-order valence-electron chi connectivity index (χ2n) is 6.34. The number of nitrogens with one attached hydrogen (secondary N) is 1. The second kappa shape index (κ2) is 7.62. The maximum Gasteiger partial charge on any atom is 0.130 e. The fourth-order valence-electron chi connectivity index (χ4n) is 2.91. The Hall–Kier alpha value is -2.50. The second-order valence-corrected chi connectivity index (χ2v) is 7.75. The third-order valence-electron chi connectivity index (χ3n) is 4.33. The molecular formula is C22H17BrN2OS. The van der Waals surface area contributed by atoms with Gasteiger partial charge in [-0.05, 0) is 48.4 Å². The third kappa shape index (κ3) is 4.10. The monoisotopic (exact) mass is 436 g/mol. The molecule has 0 bridgehead atoms. The van der Waals surface area contributed by atoms with E-state index in [0.29, 0.717) is 6.42 Å². The maximum atomic E-state index is 6.06. The van der Waals surface area contributed by atoms with Crippen molar-refractivity contribution in [1.82, 2.24) is 0 Å². The Bertz CT molecular complexity index is 1040. The van der Waals surface area contributed by atoms with Crippen molar-refractivity contribution in [3.8, 4) is 11.5 Å². The molecule has 3 nitrogen and oxygen atoms in total. The summed E-state index contributed by atoms with van der Waals surface area (Å²) in [6, 6.07) is 21.9. The van der Waals surface area contributed by atoms with E-state index < -0.39 is 0 Å². The van der Waals surface area contributed by atoms with Crippen LogP contribution in [0.4, 0.5) is 11.4 Å². The van der Waals surface area contributed by atoms with E-state index in [4.69, 9.17) is 21.9 Å². The van der Waals surface area contributed by atoms with Crippen LogP contribution in [-0.2, 0) is 0 Å². The average molecular weight is 437 g/mol. The number of fused-ring (bicyclic) bond motifs is 1. The van der Waals surface area contributed by atoms with Gasteiger partial charge < -0.3 is 10.1 Å². The molecule has 0 aromatic heterocycles. The van der Waals surface area contributed by atoms with Gasteiger partial charge in [0.25, 0.3) is 0 Å². The van der Waals surface area contributed by atoms with Crippen LogP contribution < -0.4 is 10.1 Å². The van der Waals surface area contributed by atoms with Gasteiger partial charge in [0.15, 0.2) is 0 Å². The van der Waals surface area contributed by atoms with E-state index in [1.165, 1.54) is 0 Å². The Balaban J connectivity index is 1.72. The summed E-state index contributed by atoms with van der Waals surface area (Å²) in [6.07, 6.45) is 0.597.